The second-order valence-electron chi connectivity index (χ2n) is 4.64. The third-order valence-corrected chi connectivity index (χ3v) is 4.64. The van der Waals surface area contributed by atoms with E-state index in [0.717, 1.165) is 15.0 Å². The van der Waals surface area contributed by atoms with Crippen molar-refractivity contribution in [2.45, 2.75) is 0 Å². The molecule has 2 aromatic heterocycles. The Balaban J connectivity index is 1.84. The van der Waals surface area contributed by atoms with E-state index >= 15 is 0 Å². The molecule has 0 aliphatic carbocycles. The average molecular weight is 375 g/mol. The molecule has 4 nitrogen and oxygen atoms in total. The van der Waals surface area contributed by atoms with Crippen molar-refractivity contribution in [1.82, 2.24) is 19.8 Å². The summed E-state index contributed by atoms with van der Waals surface area (Å²) in [6.45, 7) is 0. The molecule has 0 aliphatic rings. The topological polar surface area (TPSA) is 43.1 Å². The molecule has 0 bridgehead atoms. The van der Waals surface area contributed by atoms with Crippen LogP contribution in [-0.2, 0) is 0 Å². The van der Waals surface area contributed by atoms with E-state index in [1.165, 1.54) is 23.5 Å². The van der Waals surface area contributed by atoms with Crippen LogP contribution in [0.5, 0.6) is 0 Å². The molecule has 0 atom stereocenters. The number of nitrogens with zero attached hydrogens (tertiary/aromatic N) is 4. The third-order valence-electron chi connectivity index (χ3n) is 3.16. The standard InChI is InChI=1S/C15H8BrFN4S/c16-11-6-4-9(5-7-11)14-20-21-13(18-19-15(21)22-14)10-2-1-3-12(17)8-10/h1-8H. The van der Waals surface area contributed by atoms with Crippen LogP contribution in [-0.4, -0.2) is 19.8 Å². The number of fused-ring (bicyclic) bond motifs is 1. The largest absolute Gasteiger partial charge is 0.235 e. The fraction of sp³-hybridized carbons (Fsp3) is 0. The van der Waals surface area contributed by atoms with Crippen LogP contribution >= 0.6 is 27.3 Å². The maximum absolute atomic E-state index is 13.4. The molecule has 108 valence electrons. The number of hydrogen-bond donors (Lipinski definition) is 0. The molecule has 7 heteroatoms. The van der Waals surface area contributed by atoms with Gasteiger partial charge in [0.1, 0.15) is 10.8 Å². The average Bonchev–Trinajstić information content (AvgIpc) is 3.08. The molecular formula is C15H8BrFN4S. The van der Waals surface area contributed by atoms with Crippen molar-refractivity contribution in [3.63, 3.8) is 0 Å². The van der Waals surface area contributed by atoms with E-state index in [0.29, 0.717) is 16.3 Å². The molecule has 0 radical (unpaired) electrons. The summed E-state index contributed by atoms with van der Waals surface area (Å²) < 4.78 is 16.1. The van der Waals surface area contributed by atoms with Gasteiger partial charge in [-0.2, -0.15) is 9.61 Å². The van der Waals surface area contributed by atoms with E-state index in [-0.39, 0.29) is 5.82 Å². The predicted molar refractivity (Wildman–Crippen MR) is 87.2 cm³/mol. The van der Waals surface area contributed by atoms with E-state index in [9.17, 15) is 4.39 Å². The van der Waals surface area contributed by atoms with Crippen molar-refractivity contribution in [2.24, 2.45) is 0 Å². The molecule has 4 aromatic rings. The molecule has 2 heterocycles. The summed E-state index contributed by atoms with van der Waals surface area (Å²) in [4.78, 5) is 0.678. The minimum atomic E-state index is -0.308. The first-order chi connectivity index (χ1) is 10.7. The second-order valence-corrected chi connectivity index (χ2v) is 6.51. The van der Waals surface area contributed by atoms with Gasteiger partial charge in [0, 0.05) is 15.6 Å². The molecular weight excluding hydrogens is 367 g/mol. The summed E-state index contributed by atoms with van der Waals surface area (Å²) in [5, 5.41) is 13.6. The molecule has 0 saturated carbocycles. The molecule has 22 heavy (non-hydrogen) atoms. The molecule has 0 amide bonds. The Morgan fingerprint density at radius 1 is 1.00 bits per heavy atom. The molecule has 0 aliphatic heterocycles. The lowest BCUT2D eigenvalue weighted by atomic mass is 10.2. The lowest BCUT2D eigenvalue weighted by Crippen LogP contribution is -1.91. The monoisotopic (exact) mass is 374 g/mol. The zero-order chi connectivity index (χ0) is 15.1. The van der Waals surface area contributed by atoms with Crippen LogP contribution < -0.4 is 0 Å². The molecule has 0 spiro atoms. The number of benzene rings is 2. The van der Waals surface area contributed by atoms with Crippen molar-refractivity contribution in [2.75, 3.05) is 0 Å². The first kappa shape index (κ1) is 13.5. The van der Waals surface area contributed by atoms with Gasteiger partial charge in [-0.05, 0) is 24.3 Å². The van der Waals surface area contributed by atoms with Crippen LogP contribution in [0.1, 0.15) is 0 Å². The first-order valence-electron chi connectivity index (χ1n) is 6.45. The Hall–Kier alpha value is -2.12. The minimum Gasteiger partial charge on any atom is -0.207 e. The second kappa shape index (κ2) is 5.26. The van der Waals surface area contributed by atoms with Crippen molar-refractivity contribution in [3.05, 3.63) is 58.8 Å². The molecule has 0 unspecified atom stereocenters. The lowest BCUT2D eigenvalue weighted by Gasteiger charge is -1.97. The van der Waals surface area contributed by atoms with Gasteiger partial charge in [-0.1, -0.05) is 51.5 Å². The van der Waals surface area contributed by atoms with E-state index in [2.05, 4.69) is 31.2 Å². The van der Waals surface area contributed by atoms with Crippen LogP contribution in [0.25, 0.3) is 26.9 Å². The van der Waals surface area contributed by atoms with Gasteiger partial charge in [-0.15, -0.1) is 10.2 Å². The number of hydrogen-bond acceptors (Lipinski definition) is 4. The normalized spacial score (nSPS) is 11.2. The molecule has 2 aromatic carbocycles. The fourth-order valence-corrected chi connectivity index (χ4v) is 3.24. The lowest BCUT2D eigenvalue weighted by molar-refractivity contribution is 0.628. The van der Waals surface area contributed by atoms with Gasteiger partial charge < -0.3 is 0 Å². The highest BCUT2D eigenvalue weighted by Gasteiger charge is 2.14. The predicted octanol–water partition coefficient (Wildman–Crippen LogP) is 4.42. The van der Waals surface area contributed by atoms with Crippen LogP contribution in [0, 0.1) is 5.82 Å². The smallest absolute Gasteiger partial charge is 0.207 e. The highest BCUT2D eigenvalue weighted by molar-refractivity contribution is 9.10. The fourth-order valence-electron chi connectivity index (χ4n) is 2.13. The van der Waals surface area contributed by atoms with E-state index in [1.54, 1.807) is 16.6 Å². The van der Waals surface area contributed by atoms with Crippen molar-refractivity contribution >= 4 is 32.2 Å². The summed E-state index contributed by atoms with van der Waals surface area (Å²) in [5.74, 6) is 0.228. The van der Waals surface area contributed by atoms with E-state index in [4.69, 9.17) is 0 Å². The van der Waals surface area contributed by atoms with Gasteiger partial charge in [-0.25, -0.2) is 4.39 Å². The Kier molecular flexibility index (Phi) is 3.24. The number of rotatable bonds is 2. The van der Waals surface area contributed by atoms with Gasteiger partial charge in [0.25, 0.3) is 0 Å². The van der Waals surface area contributed by atoms with Gasteiger partial charge in [-0.3, -0.25) is 0 Å². The Labute approximate surface area is 137 Å². The van der Waals surface area contributed by atoms with Crippen LogP contribution in [0.3, 0.4) is 0 Å². The number of aromatic nitrogens is 4. The van der Waals surface area contributed by atoms with E-state index in [1.807, 2.05) is 24.3 Å². The third kappa shape index (κ3) is 2.32. The number of halogens is 2. The quantitative estimate of drug-likeness (QED) is 0.521. The molecule has 0 fully saturated rings. The highest BCUT2D eigenvalue weighted by Crippen LogP contribution is 2.28. The van der Waals surface area contributed by atoms with E-state index < -0.39 is 0 Å². The van der Waals surface area contributed by atoms with Crippen LogP contribution in [0.4, 0.5) is 4.39 Å². The van der Waals surface area contributed by atoms with Gasteiger partial charge >= 0.3 is 0 Å². The molecule has 0 N–H and O–H groups in total. The Morgan fingerprint density at radius 3 is 2.59 bits per heavy atom. The first-order valence-corrected chi connectivity index (χ1v) is 8.06. The molecule has 4 rings (SSSR count). The van der Waals surface area contributed by atoms with Gasteiger partial charge in [0.15, 0.2) is 5.82 Å². The summed E-state index contributed by atoms with van der Waals surface area (Å²) in [6.07, 6.45) is 0. The highest BCUT2D eigenvalue weighted by atomic mass is 79.9. The van der Waals surface area contributed by atoms with Crippen LogP contribution in [0.2, 0.25) is 0 Å². The van der Waals surface area contributed by atoms with Crippen LogP contribution in [0.15, 0.2) is 53.0 Å². The Morgan fingerprint density at radius 2 is 1.82 bits per heavy atom. The van der Waals surface area contributed by atoms with Crippen molar-refractivity contribution in [1.29, 1.82) is 0 Å². The SMILES string of the molecule is Fc1cccc(-c2nnc3sc(-c4ccc(Br)cc4)nn23)c1. The molecule has 0 saturated heterocycles. The zero-order valence-electron chi connectivity index (χ0n) is 11.1. The van der Waals surface area contributed by atoms with Crippen molar-refractivity contribution < 1.29 is 4.39 Å². The summed E-state index contributed by atoms with van der Waals surface area (Å²) in [7, 11) is 0. The van der Waals surface area contributed by atoms with Crippen molar-refractivity contribution in [3.8, 4) is 22.0 Å². The Bertz CT molecular complexity index is 961. The summed E-state index contributed by atoms with van der Waals surface area (Å²) in [6, 6.07) is 14.2. The van der Waals surface area contributed by atoms with Gasteiger partial charge in [0.2, 0.25) is 4.96 Å². The minimum absolute atomic E-state index is 0.308. The maximum Gasteiger partial charge on any atom is 0.235 e. The maximum atomic E-state index is 13.4. The zero-order valence-corrected chi connectivity index (χ0v) is 13.5. The van der Waals surface area contributed by atoms with Gasteiger partial charge in [0.05, 0.1) is 0 Å². The summed E-state index contributed by atoms with van der Waals surface area (Å²) in [5.41, 5.74) is 1.66. The summed E-state index contributed by atoms with van der Waals surface area (Å²) >= 11 is 4.86.